The van der Waals surface area contributed by atoms with E-state index in [0.29, 0.717) is 6.42 Å². The quantitative estimate of drug-likeness (QED) is 0.660. The molecule has 0 spiro atoms. The molecule has 3 aromatic rings. The Morgan fingerprint density at radius 3 is 2.44 bits per heavy atom. The zero-order valence-electron chi connectivity index (χ0n) is 14.2. The maximum Gasteiger partial charge on any atom is 0.573 e. The van der Waals surface area contributed by atoms with E-state index >= 15 is 0 Å². The molecule has 2 aromatic carbocycles. The third-order valence-corrected chi connectivity index (χ3v) is 5.53. The molecule has 0 aliphatic heterocycles. The topological polar surface area (TPSA) is 71.2 Å². The van der Waals surface area contributed by atoms with Crippen LogP contribution in [-0.2, 0) is 16.4 Å². The van der Waals surface area contributed by atoms with Gasteiger partial charge in [0, 0.05) is 23.1 Å². The van der Waals surface area contributed by atoms with E-state index < -0.39 is 28.2 Å². The Bertz CT molecular complexity index is 1030. The molecule has 5 nitrogen and oxygen atoms in total. The molecule has 3 rings (SSSR count). The number of para-hydroxylation sites is 1. The van der Waals surface area contributed by atoms with Crippen LogP contribution in [0.1, 0.15) is 12.5 Å². The molecular weight excluding hydrogens is 381 g/mol. The standard InChI is InChI=1S/C18H17F3N2O3S/c1-12(10-13-11-22-17-5-3-2-4-16(13)17)23-27(24,25)15-8-6-14(7-9-15)26-18(19,20)21/h2-9,11-12,22-23H,10H2,1H3. The molecule has 1 unspecified atom stereocenters. The molecule has 0 amide bonds. The average Bonchev–Trinajstić information content (AvgIpc) is 2.96. The monoisotopic (exact) mass is 398 g/mol. The molecule has 1 heterocycles. The molecule has 0 fully saturated rings. The van der Waals surface area contributed by atoms with Crippen molar-refractivity contribution in [3.63, 3.8) is 0 Å². The van der Waals surface area contributed by atoms with Crippen molar-refractivity contribution >= 4 is 20.9 Å². The minimum Gasteiger partial charge on any atom is -0.406 e. The van der Waals surface area contributed by atoms with Crippen molar-refractivity contribution in [3.8, 4) is 5.75 Å². The molecule has 144 valence electrons. The minimum absolute atomic E-state index is 0.136. The van der Waals surface area contributed by atoms with Crippen molar-refractivity contribution in [2.45, 2.75) is 30.6 Å². The second kappa shape index (κ2) is 7.24. The first kappa shape index (κ1) is 19.2. The van der Waals surface area contributed by atoms with Crippen molar-refractivity contribution in [1.82, 2.24) is 9.71 Å². The fourth-order valence-electron chi connectivity index (χ4n) is 2.83. The van der Waals surface area contributed by atoms with Gasteiger partial charge in [-0.1, -0.05) is 18.2 Å². The highest BCUT2D eigenvalue weighted by Gasteiger charge is 2.31. The van der Waals surface area contributed by atoms with Crippen LogP contribution in [0.2, 0.25) is 0 Å². The average molecular weight is 398 g/mol. The molecule has 0 radical (unpaired) electrons. The lowest BCUT2D eigenvalue weighted by atomic mass is 10.1. The molecular formula is C18H17F3N2O3S. The summed E-state index contributed by atoms with van der Waals surface area (Å²) in [6.45, 7) is 1.72. The zero-order valence-corrected chi connectivity index (χ0v) is 15.1. The number of ether oxygens (including phenoxy) is 1. The van der Waals surface area contributed by atoms with E-state index in [4.69, 9.17) is 0 Å². The third kappa shape index (κ3) is 4.81. The highest BCUT2D eigenvalue weighted by molar-refractivity contribution is 7.89. The van der Waals surface area contributed by atoms with Crippen LogP contribution < -0.4 is 9.46 Å². The number of benzene rings is 2. The predicted octanol–water partition coefficient (Wildman–Crippen LogP) is 3.98. The van der Waals surface area contributed by atoms with Crippen LogP contribution in [-0.4, -0.2) is 25.8 Å². The van der Waals surface area contributed by atoms with Crippen LogP contribution in [0.25, 0.3) is 10.9 Å². The van der Waals surface area contributed by atoms with Crippen LogP contribution in [0.15, 0.2) is 59.6 Å². The van der Waals surface area contributed by atoms with Crippen molar-refractivity contribution < 1.29 is 26.3 Å². The number of rotatable bonds is 6. The van der Waals surface area contributed by atoms with Gasteiger partial charge in [-0.15, -0.1) is 13.2 Å². The van der Waals surface area contributed by atoms with Crippen molar-refractivity contribution in [2.24, 2.45) is 0 Å². The van der Waals surface area contributed by atoms with E-state index in [2.05, 4.69) is 14.4 Å². The van der Waals surface area contributed by atoms with Crippen LogP contribution >= 0.6 is 0 Å². The number of alkyl halides is 3. The molecule has 27 heavy (non-hydrogen) atoms. The van der Waals surface area contributed by atoms with Gasteiger partial charge in [0.2, 0.25) is 10.0 Å². The Balaban J connectivity index is 1.70. The highest BCUT2D eigenvalue weighted by atomic mass is 32.2. The van der Waals surface area contributed by atoms with Gasteiger partial charge in [0.15, 0.2) is 0 Å². The third-order valence-electron chi connectivity index (χ3n) is 3.92. The van der Waals surface area contributed by atoms with E-state index in [1.165, 1.54) is 0 Å². The number of aromatic nitrogens is 1. The van der Waals surface area contributed by atoms with E-state index in [1.807, 2.05) is 30.5 Å². The molecule has 2 N–H and O–H groups in total. The SMILES string of the molecule is CC(Cc1c[nH]c2ccccc12)NS(=O)(=O)c1ccc(OC(F)(F)F)cc1. The Labute approximate surface area is 154 Å². The maximum atomic E-state index is 12.4. The van der Waals surface area contributed by atoms with Crippen LogP contribution in [0, 0.1) is 0 Å². The Kier molecular flexibility index (Phi) is 5.16. The first-order valence-electron chi connectivity index (χ1n) is 8.07. The van der Waals surface area contributed by atoms with Crippen molar-refractivity contribution in [1.29, 1.82) is 0 Å². The summed E-state index contributed by atoms with van der Waals surface area (Å²) in [7, 11) is -3.87. The zero-order chi connectivity index (χ0) is 19.7. The number of fused-ring (bicyclic) bond motifs is 1. The first-order valence-corrected chi connectivity index (χ1v) is 9.55. The van der Waals surface area contributed by atoms with Gasteiger partial charge in [-0.25, -0.2) is 13.1 Å². The number of halogens is 3. The number of nitrogens with one attached hydrogen (secondary N) is 2. The summed E-state index contributed by atoms with van der Waals surface area (Å²) in [4.78, 5) is 2.99. The summed E-state index contributed by atoms with van der Waals surface area (Å²) in [6, 6.07) is 11.3. The number of H-pyrrole nitrogens is 1. The molecule has 0 saturated heterocycles. The highest BCUT2D eigenvalue weighted by Crippen LogP contribution is 2.24. The van der Waals surface area contributed by atoms with E-state index in [9.17, 15) is 21.6 Å². The van der Waals surface area contributed by atoms with Crippen molar-refractivity contribution in [3.05, 3.63) is 60.3 Å². The summed E-state index contributed by atoms with van der Waals surface area (Å²) in [6.07, 6.45) is -2.54. The fourth-order valence-corrected chi connectivity index (χ4v) is 4.07. The van der Waals surface area contributed by atoms with Gasteiger partial charge in [0.05, 0.1) is 4.90 Å². The van der Waals surface area contributed by atoms with Gasteiger partial charge in [-0.3, -0.25) is 0 Å². The Morgan fingerprint density at radius 2 is 1.78 bits per heavy atom. The van der Waals surface area contributed by atoms with Crippen molar-refractivity contribution in [2.75, 3.05) is 0 Å². The summed E-state index contributed by atoms with van der Waals surface area (Å²) in [5.41, 5.74) is 1.93. The Hall–Kier alpha value is -2.52. The largest absolute Gasteiger partial charge is 0.573 e. The molecule has 9 heteroatoms. The van der Waals surface area contributed by atoms with Crippen LogP contribution in [0.4, 0.5) is 13.2 Å². The summed E-state index contributed by atoms with van der Waals surface area (Å²) >= 11 is 0. The molecule has 0 bridgehead atoms. The summed E-state index contributed by atoms with van der Waals surface area (Å²) in [5, 5.41) is 1.01. The summed E-state index contributed by atoms with van der Waals surface area (Å²) < 4.78 is 67.7. The second-order valence-corrected chi connectivity index (χ2v) is 7.82. The van der Waals surface area contributed by atoms with E-state index in [-0.39, 0.29) is 4.90 Å². The Morgan fingerprint density at radius 1 is 1.11 bits per heavy atom. The predicted molar refractivity (Wildman–Crippen MR) is 94.9 cm³/mol. The lowest BCUT2D eigenvalue weighted by Gasteiger charge is -2.14. The molecule has 0 aliphatic carbocycles. The number of hydrogen-bond donors (Lipinski definition) is 2. The second-order valence-electron chi connectivity index (χ2n) is 6.11. The number of sulfonamides is 1. The van der Waals surface area contributed by atoms with Crippen LogP contribution in [0.3, 0.4) is 0 Å². The first-order chi connectivity index (χ1) is 12.6. The fraction of sp³-hybridized carbons (Fsp3) is 0.222. The van der Waals surface area contributed by atoms with E-state index in [0.717, 1.165) is 40.7 Å². The van der Waals surface area contributed by atoms with E-state index in [1.54, 1.807) is 6.92 Å². The smallest absolute Gasteiger partial charge is 0.406 e. The van der Waals surface area contributed by atoms with Gasteiger partial charge in [0.1, 0.15) is 5.75 Å². The lowest BCUT2D eigenvalue weighted by molar-refractivity contribution is -0.274. The molecule has 0 saturated carbocycles. The van der Waals surface area contributed by atoms with Gasteiger partial charge in [0.25, 0.3) is 0 Å². The molecule has 1 atom stereocenters. The van der Waals surface area contributed by atoms with Crippen LogP contribution in [0.5, 0.6) is 5.75 Å². The maximum absolute atomic E-state index is 12.4. The minimum atomic E-state index is -4.83. The number of hydrogen-bond acceptors (Lipinski definition) is 3. The lowest BCUT2D eigenvalue weighted by Crippen LogP contribution is -2.34. The number of aromatic amines is 1. The van der Waals surface area contributed by atoms with Gasteiger partial charge in [-0.2, -0.15) is 0 Å². The van der Waals surface area contributed by atoms with Gasteiger partial charge >= 0.3 is 6.36 Å². The van der Waals surface area contributed by atoms with Gasteiger partial charge < -0.3 is 9.72 Å². The molecule has 1 aromatic heterocycles. The molecule has 0 aliphatic rings. The van der Waals surface area contributed by atoms with Gasteiger partial charge in [-0.05, 0) is 49.2 Å². The summed E-state index contributed by atoms with van der Waals surface area (Å²) in [5.74, 6) is -0.478. The normalized spacial score (nSPS) is 13.6.